The number of anilines is 2. The molecule has 46 heavy (non-hydrogen) atoms. The molecule has 0 fully saturated rings. The smallest absolute Gasteiger partial charge is 0.324 e. The highest BCUT2D eigenvalue weighted by Gasteiger charge is 2.32. The molecular formula is C31H30N2O11S2. The fourth-order valence-corrected chi connectivity index (χ4v) is 7.23. The zero-order valence-electron chi connectivity index (χ0n) is 24.6. The van der Waals surface area contributed by atoms with E-state index in [1.54, 1.807) is 30.3 Å². The van der Waals surface area contributed by atoms with E-state index in [0.717, 1.165) is 0 Å². The van der Waals surface area contributed by atoms with Crippen molar-refractivity contribution < 1.29 is 50.8 Å². The number of methoxy groups -OCH3 is 2. The molecule has 0 aliphatic carbocycles. The number of carboxylic acid groups (broad SMARTS) is 2. The maximum atomic E-state index is 13.8. The molecule has 0 amide bonds. The van der Waals surface area contributed by atoms with Crippen molar-refractivity contribution in [3.8, 4) is 17.2 Å². The lowest BCUT2D eigenvalue weighted by atomic mass is 10.1. The summed E-state index contributed by atoms with van der Waals surface area (Å²) in [5.41, 5.74) is -0.208. The normalized spacial score (nSPS) is 11.3. The highest BCUT2D eigenvalue weighted by molar-refractivity contribution is 7.93. The maximum absolute atomic E-state index is 13.8. The predicted octanol–water partition coefficient (Wildman–Crippen LogP) is 3.84. The van der Waals surface area contributed by atoms with Gasteiger partial charge in [0.15, 0.2) is 0 Å². The van der Waals surface area contributed by atoms with Crippen molar-refractivity contribution in [3.63, 3.8) is 0 Å². The van der Waals surface area contributed by atoms with Gasteiger partial charge in [-0.05, 0) is 78.9 Å². The number of ether oxygens (including phenoxy) is 3. The molecule has 0 radical (unpaired) electrons. The van der Waals surface area contributed by atoms with Gasteiger partial charge in [-0.2, -0.15) is 0 Å². The number of rotatable bonds is 15. The molecule has 242 valence electrons. The number of hydrogen-bond acceptors (Lipinski definition) is 9. The van der Waals surface area contributed by atoms with Crippen LogP contribution in [0.2, 0.25) is 0 Å². The van der Waals surface area contributed by atoms with Gasteiger partial charge in [0.1, 0.15) is 36.9 Å². The van der Waals surface area contributed by atoms with E-state index in [0.29, 0.717) is 25.9 Å². The first kappa shape index (κ1) is 33.6. The summed E-state index contributed by atoms with van der Waals surface area (Å²) in [5, 5.41) is 19.4. The van der Waals surface area contributed by atoms with Crippen molar-refractivity contribution >= 4 is 43.4 Å². The first-order valence-corrected chi connectivity index (χ1v) is 16.3. The molecule has 0 aliphatic heterocycles. The number of carbonyl (C=O) groups is 2. The molecule has 0 unspecified atom stereocenters. The molecule has 13 nitrogen and oxygen atoms in total. The first-order chi connectivity index (χ1) is 21.9. The predicted molar refractivity (Wildman–Crippen MR) is 168 cm³/mol. The van der Waals surface area contributed by atoms with Gasteiger partial charge in [0.2, 0.25) is 0 Å². The van der Waals surface area contributed by atoms with Crippen molar-refractivity contribution in [2.24, 2.45) is 0 Å². The molecule has 0 atom stereocenters. The number of nitrogens with zero attached hydrogens (tertiary/aromatic N) is 2. The average molecular weight is 671 g/mol. The summed E-state index contributed by atoms with van der Waals surface area (Å²) < 4.78 is 72.5. The second kappa shape index (κ2) is 14.2. The Bertz CT molecular complexity index is 1900. The molecule has 4 aromatic carbocycles. The van der Waals surface area contributed by atoms with Crippen LogP contribution in [0.3, 0.4) is 0 Å². The van der Waals surface area contributed by atoms with Crippen LogP contribution in [0.25, 0.3) is 0 Å². The van der Waals surface area contributed by atoms with E-state index in [4.69, 9.17) is 14.2 Å². The zero-order chi connectivity index (χ0) is 33.5. The van der Waals surface area contributed by atoms with Crippen LogP contribution in [0.5, 0.6) is 17.2 Å². The lowest BCUT2D eigenvalue weighted by Crippen LogP contribution is -2.37. The van der Waals surface area contributed by atoms with Gasteiger partial charge in [-0.3, -0.25) is 18.2 Å². The molecule has 2 N–H and O–H groups in total. The number of hydrogen-bond donors (Lipinski definition) is 2. The Hall–Kier alpha value is -5.28. The van der Waals surface area contributed by atoms with Crippen molar-refractivity contribution in [2.45, 2.75) is 16.4 Å². The number of sulfonamides is 2. The largest absolute Gasteiger partial charge is 0.497 e. The van der Waals surface area contributed by atoms with E-state index in [1.807, 2.05) is 0 Å². The Balaban J connectivity index is 1.88. The van der Waals surface area contributed by atoms with Crippen LogP contribution in [0.15, 0.2) is 107 Å². The van der Waals surface area contributed by atoms with Crippen molar-refractivity contribution in [1.82, 2.24) is 0 Å². The average Bonchev–Trinajstić information content (AvgIpc) is 3.05. The Kier molecular flexibility index (Phi) is 10.4. The number of para-hydroxylation sites is 1. The van der Waals surface area contributed by atoms with Crippen LogP contribution in [0, 0.1) is 0 Å². The van der Waals surface area contributed by atoms with E-state index < -0.39 is 45.1 Å². The summed E-state index contributed by atoms with van der Waals surface area (Å²) in [5.74, 6) is -1.79. The minimum absolute atomic E-state index is 0.0556. The standard InChI is InChI=1S/C31H30N2O11S2/c1-42-24-9-13-27(14-10-24)45(38,39)32(19-30(34)35)23-8-17-29(22(18-23)21-44-26-6-4-3-5-7-26)33(20-31(36)37)46(40,41)28-15-11-25(43-2)12-16-28/h3-18H,19-21H2,1-2H3,(H,34,35)(H,36,37). The first-order valence-electron chi connectivity index (χ1n) is 13.4. The van der Waals surface area contributed by atoms with Crippen LogP contribution in [-0.2, 0) is 36.2 Å². The van der Waals surface area contributed by atoms with Gasteiger partial charge in [-0.25, -0.2) is 16.8 Å². The van der Waals surface area contributed by atoms with E-state index in [-0.39, 0.29) is 33.3 Å². The lowest BCUT2D eigenvalue weighted by molar-refractivity contribution is -0.136. The monoisotopic (exact) mass is 670 g/mol. The Morgan fingerprint density at radius 1 is 0.630 bits per heavy atom. The summed E-state index contributed by atoms with van der Waals surface area (Å²) in [6, 6.07) is 22.7. The summed E-state index contributed by atoms with van der Waals surface area (Å²) in [4.78, 5) is 23.4. The molecule has 0 bridgehead atoms. The second-order valence-electron chi connectivity index (χ2n) is 9.58. The van der Waals surface area contributed by atoms with Crippen LogP contribution in [0.4, 0.5) is 11.4 Å². The highest BCUT2D eigenvalue weighted by Crippen LogP contribution is 2.34. The third-order valence-electron chi connectivity index (χ3n) is 6.61. The molecule has 0 spiro atoms. The molecule has 0 saturated heterocycles. The second-order valence-corrected chi connectivity index (χ2v) is 13.3. The molecule has 4 rings (SSSR count). The summed E-state index contributed by atoms with van der Waals surface area (Å²) >= 11 is 0. The Morgan fingerprint density at radius 2 is 1.11 bits per heavy atom. The minimum atomic E-state index is -4.51. The van der Waals surface area contributed by atoms with Gasteiger partial charge in [-0.15, -0.1) is 0 Å². The maximum Gasteiger partial charge on any atom is 0.324 e. The summed E-state index contributed by atoms with van der Waals surface area (Å²) in [6.45, 7) is -2.31. The molecule has 0 aliphatic rings. The molecular weight excluding hydrogens is 640 g/mol. The quantitative estimate of drug-likeness (QED) is 0.188. The van der Waals surface area contributed by atoms with Crippen LogP contribution in [0.1, 0.15) is 5.56 Å². The molecule has 0 aromatic heterocycles. The fourth-order valence-electron chi connectivity index (χ4n) is 4.37. The van der Waals surface area contributed by atoms with Gasteiger partial charge >= 0.3 is 11.9 Å². The van der Waals surface area contributed by atoms with Crippen molar-refractivity contribution in [3.05, 3.63) is 103 Å². The van der Waals surface area contributed by atoms with Gasteiger partial charge in [0.25, 0.3) is 20.0 Å². The van der Waals surface area contributed by atoms with Crippen LogP contribution < -0.4 is 22.8 Å². The number of benzene rings is 4. The van der Waals surface area contributed by atoms with E-state index in [9.17, 15) is 36.6 Å². The topological polar surface area (TPSA) is 177 Å². The van der Waals surface area contributed by atoms with Crippen LogP contribution >= 0.6 is 0 Å². The summed E-state index contributed by atoms with van der Waals surface area (Å²) in [6.07, 6.45) is 0. The molecule has 0 saturated carbocycles. The van der Waals surface area contributed by atoms with Gasteiger partial charge in [0.05, 0.1) is 35.4 Å². The highest BCUT2D eigenvalue weighted by atomic mass is 32.2. The molecule has 0 heterocycles. The SMILES string of the molecule is COc1ccc(S(=O)(=O)N(CC(=O)O)c2ccc(N(CC(=O)O)S(=O)(=O)c3ccc(OC)cc3)c(COc3ccccc3)c2)cc1. The van der Waals surface area contributed by atoms with E-state index in [2.05, 4.69) is 0 Å². The van der Waals surface area contributed by atoms with Crippen LogP contribution in [-0.4, -0.2) is 66.3 Å². The van der Waals surface area contributed by atoms with Gasteiger partial charge in [-0.1, -0.05) is 18.2 Å². The molecule has 4 aromatic rings. The van der Waals surface area contributed by atoms with Crippen molar-refractivity contribution in [2.75, 3.05) is 35.9 Å². The minimum Gasteiger partial charge on any atom is -0.497 e. The third-order valence-corrected chi connectivity index (χ3v) is 10.2. The summed E-state index contributed by atoms with van der Waals surface area (Å²) in [7, 11) is -6.16. The van der Waals surface area contributed by atoms with E-state index >= 15 is 0 Å². The Morgan fingerprint density at radius 3 is 1.59 bits per heavy atom. The van der Waals surface area contributed by atoms with Crippen molar-refractivity contribution in [1.29, 1.82) is 0 Å². The number of carboxylic acids is 2. The molecule has 15 heteroatoms. The third kappa shape index (κ3) is 7.68. The van der Waals surface area contributed by atoms with Gasteiger partial charge in [0, 0.05) is 5.56 Å². The zero-order valence-corrected chi connectivity index (χ0v) is 26.3. The fraction of sp³-hybridized carbons (Fsp3) is 0.161. The number of aliphatic carboxylic acids is 2. The van der Waals surface area contributed by atoms with Gasteiger partial charge < -0.3 is 24.4 Å². The Labute approximate surface area is 265 Å². The lowest BCUT2D eigenvalue weighted by Gasteiger charge is -2.28. The van der Waals surface area contributed by atoms with E-state index in [1.165, 1.54) is 80.9 Å².